The maximum atomic E-state index is 10.8. The third-order valence-electron chi connectivity index (χ3n) is 4.47. The minimum absolute atomic E-state index is 0.0279. The number of benzene rings is 1. The Labute approximate surface area is 150 Å². The van der Waals surface area contributed by atoms with Gasteiger partial charge >= 0.3 is 0 Å². The first-order chi connectivity index (χ1) is 11.0. The third-order valence-corrected chi connectivity index (χ3v) is 6.51. The molecule has 0 spiro atoms. The molecular weight excluding hydrogens is 316 g/mol. The zero-order valence-corrected chi connectivity index (χ0v) is 18.2. The normalized spacial score (nSPS) is 13.4. The van der Waals surface area contributed by atoms with Gasteiger partial charge in [0.15, 0.2) is 0 Å². The Bertz CT molecular complexity index is 488. The summed E-state index contributed by atoms with van der Waals surface area (Å²) in [6, 6.07) is 5.58. The zero-order chi connectivity index (χ0) is 18.5. The molecule has 0 aliphatic carbocycles. The molecule has 0 heterocycles. The summed E-state index contributed by atoms with van der Waals surface area (Å²) in [6.45, 7) is 13.0. The number of hydrogen-bond acceptors (Lipinski definition) is 3. The zero-order valence-electron chi connectivity index (χ0n) is 16.8. The number of ether oxygens (including phenoxy) is 2. The smallest absolute Gasteiger partial charge is 0.134 e. The van der Waals surface area contributed by atoms with Gasteiger partial charge in [-0.15, -0.1) is 0 Å². The second-order valence-electron chi connectivity index (χ2n) is 8.69. The summed E-state index contributed by atoms with van der Waals surface area (Å²) >= 11 is 0. The second-order valence-corrected chi connectivity index (χ2v) is 10.6. The van der Waals surface area contributed by atoms with E-state index in [0.29, 0.717) is 5.75 Å². The lowest BCUT2D eigenvalue weighted by Gasteiger charge is -2.28. The predicted octanol–water partition coefficient (Wildman–Crippen LogP) is 4.08. The van der Waals surface area contributed by atoms with Gasteiger partial charge in [0.05, 0.1) is 9.52 Å². The van der Waals surface area contributed by atoms with Gasteiger partial charge < -0.3 is 14.6 Å². The number of hydrogen-bond donors (Lipinski definition) is 1. The van der Waals surface area contributed by atoms with Crippen molar-refractivity contribution in [2.45, 2.75) is 77.2 Å². The fourth-order valence-corrected chi connectivity index (χ4v) is 4.30. The summed E-state index contributed by atoms with van der Waals surface area (Å²) in [6.07, 6.45) is 2.19. The Morgan fingerprint density at radius 3 is 1.79 bits per heavy atom. The van der Waals surface area contributed by atoms with Crippen LogP contribution in [0.15, 0.2) is 12.1 Å². The molecule has 0 fully saturated rings. The average molecular weight is 353 g/mol. The number of aryl methyl sites for hydroxylation is 1. The van der Waals surface area contributed by atoms with Crippen molar-refractivity contribution in [1.82, 2.24) is 0 Å². The lowest BCUT2D eigenvalue weighted by molar-refractivity contribution is -0.0441. The molecule has 0 aliphatic rings. The maximum absolute atomic E-state index is 10.8. The van der Waals surface area contributed by atoms with E-state index in [1.807, 2.05) is 0 Å². The van der Waals surface area contributed by atoms with Crippen molar-refractivity contribution < 1.29 is 14.6 Å². The van der Waals surface area contributed by atoms with Crippen LogP contribution < -0.4 is 0 Å². The van der Waals surface area contributed by atoms with Crippen molar-refractivity contribution in [1.29, 1.82) is 0 Å². The SMILES string of the molecule is COC(OC)[SiH2]CCCc1cc(C(C)(C)C)c(O)c(C(C)(C)C)c1. The monoisotopic (exact) mass is 352 g/mol. The maximum Gasteiger partial charge on any atom is 0.134 e. The minimum Gasteiger partial charge on any atom is -0.507 e. The van der Waals surface area contributed by atoms with Gasteiger partial charge in [-0.05, 0) is 33.9 Å². The highest BCUT2D eigenvalue weighted by molar-refractivity contribution is 6.36. The Balaban J connectivity index is 2.95. The first-order valence-electron chi connectivity index (χ1n) is 8.93. The van der Waals surface area contributed by atoms with Gasteiger partial charge in [0.1, 0.15) is 11.7 Å². The molecule has 1 rings (SSSR count). The molecule has 0 amide bonds. The molecule has 0 aromatic heterocycles. The fraction of sp³-hybridized carbons (Fsp3) is 0.700. The molecule has 138 valence electrons. The van der Waals surface area contributed by atoms with Crippen LogP contribution in [-0.4, -0.2) is 34.8 Å². The van der Waals surface area contributed by atoms with Crippen LogP contribution in [0.3, 0.4) is 0 Å². The van der Waals surface area contributed by atoms with Gasteiger partial charge in [0.25, 0.3) is 0 Å². The van der Waals surface area contributed by atoms with E-state index in [1.165, 1.54) is 11.6 Å². The van der Waals surface area contributed by atoms with E-state index in [0.717, 1.165) is 24.0 Å². The number of aromatic hydroxyl groups is 1. The van der Waals surface area contributed by atoms with E-state index in [2.05, 4.69) is 53.7 Å². The molecule has 0 aliphatic heterocycles. The highest BCUT2D eigenvalue weighted by Gasteiger charge is 2.26. The first kappa shape index (κ1) is 21.2. The van der Waals surface area contributed by atoms with E-state index in [1.54, 1.807) is 14.2 Å². The van der Waals surface area contributed by atoms with Gasteiger partial charge in [-0.3, -0.25) is 0 Å². The van der Waals surface area contributed by atoms with Crippen molar-refractivity contribution >= 4 is 9.52 Å². The summed E-state index contributed by atoms with van der Waals surface area (Å²) in [5.41, 5.74) is 3.30. The first-order valence-corrected chi connectivity index (χ1v) is 10.7. The largest absolute Gasteiger partial charge is 0.507 e. The van der Waals surface area contributed by atoms with Crippen molar-refractivity contribution in [2.75, 3.05) is 14.2 Å². The average Bonchev–Trinajstić information content (AvgIpc) is 2.46. The second kappa shape index (κ2) is 8.50. The molecule has 0 atom stereocenters. The van der Waals surface area contributed by atoms with Gasteiger partial charge in [-0.1, -0.05) is 66.1 Å². The Morgan fingerprint density at radius 1 is 0.958 bits per heavy atom. The summed E-state index contributed by atoms with van der Waals surface area (Å²) in [5, 5.41) is 10.8. The van der Waals surface area contributed by atoms with Crippen LogP contribution in [0.25, 0.3) is 0 Å². The van der Waals surface area contributed by atoms with Crippen molar-refractivity contribution in [3.05, 3.63) is 28.8 Å². The number of rotatable bonds is 7. The molecule has 0 saturated heterocycles. The van der Waals surface area contributed by atoms with Gasteiger partial charge in [-0.2, -0.15) is 0 Å². The van der Waals surface area contributed by atoms with Gasteiger partial charge in [0.2, 0.25) is 0 Å². The molecule has 0 bridgehead atoms. The summed E-state index contributed by atoms with van der Waals surface area (Å²) in [4.78, 5) is 0. The quantitative estimate of drug-likeness (QED) is 0.456. The van der Waals surface area contributed by atoms with Crippen LogP contribution in [0, 0.1) is 0 Å². The highest BCUT2D eigenvalue weighted by Crippen LogP contribution is 2.40. The van der Waals surface area contributed by atoms with Crippen molar-refractivity contribution in [3.63, 3.8) is 0 Å². The van der Waals surface area contributed by atoms with E-state index >= 15 is 0 Å². The molecule has 24 heavy (non-hydrogen) atoms. The number of phenols is 1. The molecule has 1 aromatic rings. The highest BCUT2D eigenvalue weighted by atomic mass is 28.2. The molecule has 0 radical (unpaired) electrons. The van der Waals surface area contributed by atoms with E-state index in [4.69, 9.17) is 9.47 Å². The van der Waals surface area contributed by atoms with Crippen molar-refractivity contribution in [3.8, 4) is 5.75 Å². The lowest BCUT2D eigenvalue weighted by atomic mass is 9.78. The van der Waals surface area contributed by atoms with Crippen LogP contribution in [0.4, 0.5) is 0 Å². The topological polar surface area (TPSA) is 38.7 Å². The minimum atomic E-state index is -0.366. The van der Waals surface area contributed by atoms with E-state index < -0.39 is 0 Å². The van der Waals surface area contributed by atoms with Crippen LogP contribution in [0.5, 0.6) is 5.75 Å². The molecule has 3 nitrogen and oxygen atoms in total. The van der Waals surface area contributed by atoms with Crippen LogP contribution >= 0.6 is 0 Å². The Kier molecular flexibility index (Phi) is 7.51. The molecule has 0 unspecified atom stereocenters. The van der Waals surface area contributed by atoms with Gasteiger partial charge in [-0.25, -0.2) is 0 Å². The predicted molar refractivity (Wildman–Crippen MR) is 105 cm³/mol. The fourth-order valence-electron chi connectivity index (χ4n) is 2.95. The van der Waals surface area contributed by atoms with E-state index in [9.17, 15) is 5.11 Å². The van der Waals surface area contributed by atoms with E-state index in [-0.39, 0.29) is 26.3 Å². The van der Waals surface area contributed by atoms with Gasteiger partial charge in [0, 0.05) is 14.2 Å². The van der Waals surface area contributed by atoms with Crippen LogP contribution in [0.2, 0.25) is 6.04 Å². The molecular formula is C20H36O3Si. The molecule has 0 saturated carbocycles. The van der Waals surface area contributed by atoms with Crippen LogP contribution in [-0.2, 0) is 26.7 Å². The standard InChI is InChI=1S/C20H36O3Si/c1-19(2,3)15-12-14(10-9-11-24-18(22-7)23-8)13-16(17(15)21)20(4,5)6/h12-13,18,21H,9-11,24H2,1-8H3. The summed E-state index contributed by atoms with van der Waals surface area (Å²) < 4.78 is 10.6. The molecule has 1 aromatic carbocycles. The van der Waals surface area contributed by atoms with Crippen LogP contribution in [0.1, 0.15) is 64.7 Å². The molecule has 4 heteroatoms. The Morgan fingerprint density at radius 2 is 1.42 bits per heavy atom. The summed E-state index contributed by atoms with van der Waals surface area (Å²) in [7, 11) is 3.06. The summed E-state index contributed by atoms with van der Waals surface area (Å²) in [5.74, 6) is 0.493. The Hall–Kier alpha value is -0.843. The number of phenolic OH excluding ortho intramolecular Hbond substituents is 1. The lowest BCUT2D eigenvalue weighted by Crippen LogP contribution is -2.21. The third kappa shape index (κ3) is 5.90. The van der Waals surface area contributed by atoms with Crippen molar-refractivity contribution in [2.24, 2.45) is 0 Å². The molecule has 1 N–H and O–H groups in total. The number of methoxy groups -OCH3 is 2.